The lowest BCUT2D eigenvalue weighted by Crippen LogP contribution is -2.48. The Kier molecular flexibility index (Phi) is 5.05. The zero-order valence-corrected chi connectivity index (χ0v) is 12.8. The van der Waals surface area contributed by atoms with Crippen LogP contribution < -0.4 is 5.32 Å². The number of carbonyl (C=O) groups excluding carboxylic acids is 2. The molecule has 1 amide bonds. The van der Waals surface area contributed by atoms with Crippen LogP contribution in [0.2, 0.25) is 0 Å². The van der Waals surface area contributed by atoms with Crippen LogP contribution in [-0.2, 0) is 11.8 Å². The van der Waals surface area contributed by atoms with Crippen molar-refractivity contribution < 1.29 is 14.7 Å². The standard InChI is InChI=1S/C14H23N3O3/c1-6-14(4,7-8-18)15-13(20)12(19)11-9(2)16-17(5)10(11)3/h18H,6-8H2,1-5H3,(H,15,20). The topological polar surface area (TPSA) is 84.2 Å². The normalized spacial score (nSPS) is 13.9. The van der Waals surface area contributed by atoms with Crippen LogP contribution in [0.5, 0.6) is 0 Å². The number of aliphatic hydroxyl groups is 1. The third-order valence-corrected chi connectivity index (χ3v) is 3.80. The number of nitrogens with zero attached hydrogens (tertiary/aromatic N) is 2. The first-order valence-corrected chi connectivity index (χ1v) is 6.73. The van der Waals surface area contributed by atoms with E-state index in [-0.39, 0.29) is 6.61 Å². The lowest BCUT2D eigenvalue weighted by atomic mass is 9.94. The Morgan fingerprint density at radius 3 is 2.40 bits per heavy atom. The van der Waals surface area contributed by atoms with Crippen LogP contribution in [0.1, 0.15) is 48.4 Å². The molecule has 0 saturated heterocycles. The Bertz CT molecular complexity index is 522. The molecule has 0 aliphatic heterocycles. The number of hydrogen-bond acceptors (Lipinski definition) is 4. The molecule has 0 aliphatic rings. The van der Waals surface area contributed by atoms with Gasteiger partial charge in [-0.3, -0.25) is 14.3 Å². The minimum atomic E-state index is -0.651. The SMILES string of the molecule is CCC(C)(CCO)NC(=O)C(=O)c1c(C)nn(C)c1C. The Morgan fingerprint density at radius 2 is 2.00 bits per heavy atom. The quantitative estimate of drug-likeness (QED) is 0.599. The lowest BCUT2D eigenvalue weighted by molar-refractivity contribution is -0.118. The number of aryl methyl sites for hydroxylation is 2. The van der Waals surface area contributed by atoms with Crippen molar-refractivity contribution in [2.75, 3.05) is 6.61 Å². The highest BCUT2D eigenvalue weighted by Crippen LogP contribution is 2.16. The van der Waals surface area contributed by atoms with E-state index in [1.807, 2.05) is 13.8 Å². The molecule has 0 bridgehead atoms. The summed E-state index contributed by atoms with van der Waals surface area (Å²) in [6.07, 6.45) is 1.05. The summed E-state index contributed by atoms with van der Waals surface area (Å²) in [6, 6.07) is 0. The molecular weight excluding hydrogens is 258 g/mol. The molecule has 0 aromatic carbocycles. The highest BCUT2D eigenvalue weighted by Gasteiger charge is 2.30. The van der Waals surface area contributed by atoms with Crippen LogP contribution >= 0.6 is 0 Å². The van der Waals surface area contributed by atoms with E-state index in [0.717, 1.165) is 0 Å². The van der Waals surface area contributed by atoms with E-state index < -0.39 is 17.2 Å². The van der Waals surface area contributed by atoms with E-state index >= 15 is 0 Å². The zero-order chi connectivity index (χ0) is 15.5. The first-order valence-electron chi connectivity index (χ1n) is 6.73. The molecule has 20 heavy (non-hydrogen) atoms. The van der Waals surface area contributed by atoms with E-state index in [2.05, 4.69) is 10.4 Å². The summed E-state index contributed by atoms with van der Waals surface area (Å²) in [4.78, 5) is 24.4. The zero-order valence-electron chi connectivity index (χ0n) is 12.8. The average Bonchev–Trinajstić information content (AvgIpc) is 2.62. The molecule has 1 atom stereocenters. The highest BCUT2D eigenvalue weighted by atomic mass is 16.3. The van der Waals surface area contributed by atoms with Crippen LogP contribution in [0, 0.1) is 13.8 Å². The van der Waals surface area contributed by atoms with Gasteiger partial charge < -0.3 is 10.4 Å². The molecule has 6 heteroatoms. The fourth-order valence-electron chi connectivity index (χ4n) is 2.12. The molecule has 1 aromatic heterocycles. The minimum absolute atomic E-state index is 0.0379. The van der Waals surface area contributed by atoms with Crippen LogP contribution in [-0.4, -0.2) is 38.7 Å². The van der Waals surface area contributed by atoms with Gasteiger partial charge in [0.1, 0.15) is 0 Å². The van der Waals surface area contributed by atoms with Gasteiger partial charge in [-0.2, -0.15) is 5.10 Å². The second-order valence-corrected chi connectivity index (χ2v) is 5.34. The van der Waals surface area contributed by atoms with Gasteiger partial charge in [0, 0.05) is 24.9 Å². The van der Waals surface area contributed by atoms with Crippen molar-refractivity contribution in [1.29, 1.82) is 0 Å². The molecule has 6 nitrogen and oxygen atoms in total. The third kappa shape index (κ3) is 3.25. The molecule has 1 rings (SSSR count). The fraction of sp³-hybridized carbons (Fsp3) is 0.643. The molecule has 1 heterocycles. The van der Waals surface area contributed by atoms with Gasteiger partial charge in [0.25, 0.3) is 11.7 Å². The monoisotopic (exact) mass is 281 g/mol. The van der Waals surface area contributed by atoms with E-state index in [9.17, 15) is 9.59 Å². The predicted octanol–water partition coefficient (Wildman–Crippen LogP) is 0.887. The second kappa shape index (κ2) is 6.17. The summed E-state index contributed by atoms with van der Waals surface area (Å²) in [5.74, 6) is -1.23. The number of Topliss-reactive ketones (excluding diaryl/α,β-unsaturated/α-hetero) is 1. The Balaban J connectivity index is 2.95. The van der Waals surface area contributed by atoms with Crippen molar-refractivity contribution in [3.8, 4) is 0 Å². The van der Waals surface area contributed by atoms with Crippen molar-refractivity contribution >= 4 is 11.7 Å². The number of nitrogens with one attached hydrogen (secondary N) is 1. The number of ketones is 1. The molecule has 0 spiro atoms. The van der Waals surface area contributed by atoms with E-state index in [4.69, 9.17) is 5.11 Å². The number of rotatable bonds is 6. The summed E-state index contributed by atoms with van der Waals surface area (Å²) in [5.41, 5.74) is 0.992. The van der Waals surface area contributed by atoms with Crippen molar-refractivity contribution in [2.45, 2.75) is 46.1 Å². The highest BCUT2D eigenvalue weighted by molar-refractivity contribution is 6.43. The summed E-state index contributed by atoms with van der Waals surface area (Å²) in [7, 11) is 1.74. The summed E-state index contributed by atoms with van der Waals surface area (Å²) in [5, 5.41) is 15.9. The molecular formula is C14H23N3O3. The van der Waals surface area contributed by atoms with E-state index in [1.54, 1.807) is 25.6 Å². The largest absolute Gasteiger partial charge is 0.396 e. The number of hydrogen-bond donors (Lipinski definition) is 2. The predicted molar refractivity (Wildman–Crippen MR) is 75.6 cm³/mol. The van der Waals surface area contributed by atoms with Crippen molar-refractivity contribution in [3.05, 3.63) is 17.0 Å². The number of aliphatic hydroxyl groups excluding tert-OH is 1. The fourth-order valence-corrected chi connectivity index (χ4v) is 2.12. The van der Waals surface area contributed by atoms with Gasteiger partial charge in [-0.1, -0.05) is 6.92 Å². The van der Waals surface area contributed by atoms with Crippen molar-refractivity contribution in [1.82, 2.24) is 15.1 Å². The Morgan fingerprint density at radius 1 is 1.40 bits per heavy atom. The Hall–Kier alpha value is -1.69. The molecule has 1 unspecified atom stereocenters. The van der Waals surface area contributed by atoms with Crippen LogP contribution in [0.15, 0.2) is 0 Å². The average molecular weight is 281 g/mol. The first kappa shape index (κ1) is 16.4. The summed E-state index contributed by atoms with van der Waals surface area (Å²) < 4.78 is 1.59. The van der Waals surface area contributed by atoms with Gasteiger partial charge in [0.15, 0.2) is 0 Å². The first-order chi connectivity index (χ1) is 9.25. The summed E-state index contributed by atoms with van der Waals surface area (Å²) in [6.45, 7) is 7.15. The van der Waals surface area contributed by atoms with Gasteiger partial charge in [0.2, 0.25) is 0 Å². The molecule has 0 radical (unpaired) electrons. The van der Waals surface area contributed by atoms with Crippen LogP contribution in [0.4, 0.5) is 0 Å². The summed E-state index contributed by atoms with van der Waals surface area (Å²) >= 11 is 0. The smallest absolute Gasteiger partial charge is 0.292 e. The van der Waals surface area contributed by atoms with Crippen LogP contribution in [0.25, 0.3) is 0 Å². The molecule has 1 aromatic rings. The second-order valence-electron chi connectivity index (χ2n) is 5.34. The minimum Gasteiger partial charge on any atom is -0.396 e. The van der Waals surface area contributed by atoms with Crippen molar-refractivity contribution in [3.63, 3.8) is 0 Å². The van der Waals surface area contributed by atoms with Crippen molar-refractivity contribution in [2.24, 2.45) is 7.05 Å². The number of amides is 1. The van der Waals surface area contributed by atoms with Gasteiger partial charge in [-0.25, -0.2) is 0 Å². The van der Waals surface area contributed by atoms with E-state index in [0.29, 0.717) is 29.8 Å². The maximum Gasteiger partial charge on any atom is 0.292 e. The lowest BCUT2D eigenvalue weighted by Gasteiger charge is -2.28. The van der Waals surface area contributed by atoms with E-state index in [1.165, 1.54) is 0 Å². The molecule has 2 N–H and O–H groups in total. The maximum atomic E-state index is 12.3. The van der Waals surface area contributed by atoms with Crippen LogP contribution in [0.3, 0.4) is 0 Å². The van der Waals surface area contributed by atoms with Gasteiger partial charge in [0.05, 0.1) is 11.3 Å². The molecule has 0 saturated carbocycles. The maximum absolute atomic E-state index is 12.3. The molecule has 0 aliphatic carbocycles. The Labute approximate surface area is 119 Å². The molecule has 0 fully saturated rings. The third-order valence-electron chi connectivity index (χ3n) is 3.80. The number of aromatic nitrogens is 2. The molecule has 112 valence electrons. The van der Waals surface area contributed by atoms with Gasteiger partial charge >= 0.3 is 0 Å². The number of carbonyl (C=O) groups is 2. The van der Waals surface area contributed by atoms with Gasteiger partial charge in [-0.15, -0.1) is 0 Å². The van der Waals surface area contributed by atoms with Gasteiger partial charge in [-0.05, 0) is 33.6 Å².